The van der Waals surface area contributed by atoms with Crippen LogP contribution in [-0.2, 0) is 11.3 Å². The molecule has 6 nitrogen and oxygen atoms in total. The molecule has 108 valence electrons. The normalized spacial score (nSPS) is 10.7. The Hall–Kier alpha value is -2.89. The Morgan fingerprint density at radius 1 is 1.38 bits per heavy atom. The van der Waals surface area contributed by atoms with Crippen LogP contribution < -0.4 is 5.32 Å². The molecule has 0 aliphatic heterocycles. The number of carboxylic acids is 1. The van der Waals surface area contributed by atoms with Crippen molar-refractivity contribution >= 4 is 18.0 Å². The van der Waals surface area contributed by atoms with Gasteiger partial charge >= 0.3 is 5.97 Å². The monoisotopic (exact) mass is 286 g/mol. The van der Waals surface area contributed by atoms with E-state index in [1.54, 1.807) is 12.1 Å². The van der Waals surface area contributed by atoms with Crippen molar-refractivity contribution in [2.24, 2.45) is 0 Å². The summed E-state index contributed by atoms with van der Waals surface area (Å²) in [6.45, 7) is 2.11. The van der Waals surface area contributed by atoms with Crippen LogP contribution in [0.1, 0.15) is 27.4 Å². The molecule has 2 N–H and O–H groups in total. The molecule has 2 aromatic rings. The Morgan fingerprint density at radius 2 is 2.19 bits per heavy atom. The summed E-state index contributed by atoms with van der Waals surface area (Å²) in [6.07, 6.45) is 5.26. The third-order valence-electron chi connectivity index (χ3n) is 2.66. The quantitative estimate of drug-likeness (QED) is 0.820. The summed E-state index contributed by atoms with van der Waals surface area (Å²) in [5, 5.41) is 11.3. The molecule has 0 saturated carbocycles. The van der Waals surface area contributed by atoms with Crippen molar-refractivity contribution in [2.45, 2.75) is 13.5 Å². The molecule has 2 rings (SSSR count). The van der Waals surface area contributed by atoms with Gasteiger partial charge in [-0.2, -0.15) is 0 Å². The minimum atomic E-state index is -1.06. The molecule has 0 spiro atoms. The molecule has 0 fully saturated rings. The fraction of sp³-hybridized carbons (Fsp3) is 0.133. The Kier molecular flexibility index (Phi) is 4.50. The largest absolute Gasteiger partial charge is 0.478 e. The predicted octanol–water partition coefficient (Wildman–Crippen LogP) is 2.01. The lowest BCUT2D eigenvalue weighted by molar-refractivity contribution is -0.131. The number of furan rings is 1. The highest BCUT2D eigenvalue weighted by atomic mass is 16.4. The lowest BCUT2D eigenvalue weighted by Crippen LogP contribution is -2.22. The fourth-order valence-corrected chi connectivity index (χ4v) is 1.69. The number of carbonyl (C=O) groups excluding carboxylic acids is 1. The van der Waals surface area contributed by atoms with Crippen molar-refractivity contribution < 1.29 is 19.1 Å². The topological polar surface area (TPSA) is 92.4 Å². The molecule has 0 atom stereocenters. The number of carboxylic acid groups (broad SMARTS) is 1. The first-order valence-corrected chi connectivity index (χ1v) is 6.24. The van der Waals surface area contributed by atoms with Gasteiger partial charge in [-0.05, 0) is 36.8 Å². The summed E-state index contributed by atoms with van der Waals surface area (Å²) in [6, 6.07) is 5.18. The van der Waals surface area contributed by atoms with E-state index >= 15 is 0 Å². The van der Waals surface area contributed by atoms with E-state index in [0.717, 1.165) is 11.8 Å². The highest BCUT2D eigenvalue weighted by molar-refractivity contribution is 5.94. The fourth-order valence-electron chi connectivity index (χ4n) is 1.69. The van der Waals surface area contributed by atoms with E-state index in [4.69, 9.17) is 9.52 Å². The summed E-state index contributed by atoms with van der Waals surface area (Å²) in [5.41, 5.74) is 0.893. The molecule has 0 aliphatic carbocycles. The number of hydrogen-bond acceptors (Lipinski definition) is 4. The zero-order valence-corrected chi connectivity index (χ0v) is 11.4. The molecule has 0 bridgehead atoms. The third kappa shape index (κ3) is 4.31. The second-order valence-electron chi connectivity index (χ2n) is 4.37. The number of pyridine rings is 1. The Bertz CT molecular complexity index is 688. The van der Waals surface area contributed by atoms with Gasteiger partial charge in [-0.15, -0.1) is 0 Å². The van der Waals surface area contributed by atoms with E-state index in [-0.39, 0.29) is 12.5 Å². The summed E-state index contributed by atoms with van der Waals surface area (Å²) < 4.78 is 5.35. The van der Waals surface area contributed by atoms with Crippen LogP contribution in [0.25, 0.3) is 6.08 Å². The van der Waals surface area contributed by atoms with Crippen LogP contribution in [0.4, 0.5) is 0 Å². The summed E-state index contributed by atoms with van der Waals surface area (Å²) in [4.78, 5) is 26.4. The molecule has 21 heavy (non-hydrogen) atoms. The summed E-state index contributed by atoms with van der Waals surface area (Å²) in [7, 11) is 0. The van der Waals surface area contributed by atoms with Gasteiger partial charge in [0.25, 0.3) is 5.91 Å². The maximum atomic E-state index is 12.0. The zero-order chi connectivity index (χ0) is 15.2. The number of amides is 1. The molecule has 1 amide bonds. The van der Waals surface area contributed by atoms with Crippen molar-refractivity contribution in [1.82, 2.24) is 10.3 Å². The summed E-state index contributed by atoms with van der Waals surface area (Å²) >= 11 is 0. The van der Waals surface area contributed by atoms with Crippen LogP contribution in [0.15, 0.2) is 41.1 Å². The zero-order valence-electron chi connectivity index (χ0n) is 11.4. The highest BCUT2D eigenvalue weighted by Crippen LogP contribution is 2.08. The molecule has 0 saturated heterocycles. The van der Waals surface area contributed by atoms with Crippen molar-refractivity contribution in [3.8, 4) is 0 Å². The first-order valence-electron chi connectivity index (χ1n) is 6.24. The van der Waals surface area contributed by atoms with E-state index in [2.05, 4.69) is 10.3 Å². The van der Waals surface area contributed by atoms with Crippen LogP contribution in [0.2, 0.25) is 0 Å². The van der Waals surface area contributed by atoms with Gasteiger partial charge in [-0.25, -0.2) is 4.79 Å². The second kappa shape index (κ2) is 6.51. The van der Waals surface area contributed by atoms with E-state index in [1.165, 1.54) is 18.5 Å². The average Bonchev–Trinajstić information content (AvgIpc) is 2.88. The van der Waals surface area contributed by atoms with E-state index in [0.29, 0.717) is 16.9 Å². The molecular weight excluding hydrogens is 272 g/mol. The number of nitrogens with zero attached hydrogens (tertiary/aromatic N) is 1. The van der Waals surface area contributed by atoms with Gasteiger partial charge in [-0.1, -0.05) is 0 Å². The van der Waals surface area contributed by atoms with Crippen LogP contribution in [0.3, 0.4) is 0 Å². The second-order valence-corrected chi connectivity index (χ2v) is 4.37. The molecule has 0 unspecified atom stereocenters. The minimum absolute atomic E-state index is 0.280. The lowest BCUT2D eigenvalue weighted by Gasteiger charge is -2.03. The maximum Gasteiger partial charge on any atom is 0.328 e. The van der Waals surface area contributed by atoms with Crippen molar-refractivity contribution in [3.05, 3.63) is 59.3 Å². The van der Waals surface area contributed by atoms with Gasteiger partial charge < -0.3 is 14.8 Å². The van der Waals surface area contributed by atoms with E-state index < -0.39 is 5.97 Å². The van der Waals surface area contributed by atoms with Gasteiger partial charge in [0.15, 0.2) is 0 Å². The Balaban J connectivity index is 2.02. The van der Waals surface area contributed by atoms with Crippen molar-refractivity contribution in [3.63, 3.8) is 0 Å². The SMILES string of the molecule is Cc1ccc(CNC(=O)c2cncc(C=CC(=O)O)c2)o1. The number of hydrogen-bond donors (Lipinski definition) is 2. The van der Waals surface area contributed by atoms with Crippen LogP contribution in [-0.4, -0.2) is 22.0 Å². The number of carbonyl (C=O) groups is 2. The molecule has 0 aliphatic rings. The molecular formula is C15H14N2O4. The first kappa shape index (κ1) is 14.5. The molecule has 2 aromatic heterocycles. The maximum absolute atomic E-state index is 12.0. The van der Waals surface area contributed by atoms with Gasteiger partial charge in [0, 0.05) is 18.5 Å². The molecule has 2 heterocycles. The van der Waals surface area contributed by atoms with Gasteiger partial charge in [0.05, 0.1) is 12.1 Å². The number of aryl methyl sites for hydroxylation is 1. The molecule has 0 radical (unpaired) electrons. The van der Waals surface area contributed by atoms with Gasteiger partial charge in [-0.3, -0.25) is 9.78 Å². The standard InChI is InChI=1S/C15H14N2O4/c1-10-2-4-13(21-10)9-17-15(20)12-6-11(7-16-8-12)3-5-14(18)19/h2-8H,9H2,1H3,(H,17,20)(H,18,19). The Morgan fingerprint density at radius 3 is 2.86 bits per heavy atom. The van der Waals surface area contributed by atoms with E-state index in [1.807, 2.05) is 13.0 Å². The lowest BCUT2D eigenvalue weighted by atomic mass is 10.2. The number of aromatic nitrogens is 1. The van der Waals surface area contributed by atoms with Crippen LogP contribution in [0.5, 0.6) is 0 Å². The smallest absolute Gasteiger partial charge is 0.328 e. The highest BCUT2D eigenvalue weighted by Gasteiger charge is 2.07. The number of rotatable bonds is 5. The van der Waals surface area contributed by atoms with Crippen LogP contribution >= 0.6 is 0 Å². The Labute approximate surface area is 121 Å². The van der Waals surface area contributed by atoms with Gasteiger partial charge in [0.2, 0.25) is 0 Å². The number of aliphatic carboxylic acids is 1. The third-order valence-corrected chi connectivity index (χ3v) is 2.66. The average molecular weight is 286 g/mol. The van der Waals surface area contributed by atoms with Crippen molar-refractivity contribution in [1.29, 1.82) is 0 Å². The first-order chi connectivity index (χ1) is 10.0. The van der Waals surface area contributed by atoms with Crippen LogP contribution in [0, 0.1) is 6.92 Å². The molecule has 6 heteroatoms. The summed E-state index contributed by atoms with van der Waals surface area (Å²) in [5.74, 6) is 0.0811. The predicted molar refractivity (Wildman–Crippen MR) is 75.5 cm³/mol. The van der Waals surface area contributed by atoms with E-state index in [9.17, 15) is 9.59 Å². The van der Waals surface area contributed by atoms with Gasteiger partial charge in [0.1, 0.15) is 11.5 Å². The minimum Gasteiger partial charge on any atom is -0.478 e. The van der Waals surface area contributed by atoms with Crippen molar-refractivity contribution in [2.75, 3.05) is 0 Å². The molecule has 0 aromatic carbocycles. The number of nitrogens with one attached hydrogen (secondary N) is 1.